The number of hydrogen-bond acceptors (Lipinski definition) is 3. The Labute approximate surface area is 76.5 Å². The first kappa shape index (κ1) is 9.98. The minimum absolute atomic E-state index is 0.384. The average molecular weight is 186 g/mol. The summed E-state index contributed by atoms with van der Waals surface area (Å²) >= 11 is 0. The van der Waals surface area contributed by atoms with Gasteiger partial charge in [-0.15, -0.1) is 0 Å². The number of nitrogens with zero attached hydrogens (tertiary/aromatic N) is 1. The number of carbonyl (C=O) groups is 2. The van der Waals surface area contributed by atoms with Crippen molar-refractivity contribution >= 4 is 11.8 Å². The quantitative estimate of drug-likeness (QED) is 0.583. The van der Waals surface area contributed by atoms with E-state index in [0.29, 0.717) is 19.4 Å². The van der Waals surface area contributed by atoms with Crippen LogP contribution < -0.4 is 5.73 Å². The number of likely N-dealkylation sites (tertiary alicyclic amines) is 1. The third kappa shape index (κ3) is 1.80. The molecule has 1 fully saturated rings. The van der Waals surface area contributed by atoms with E-state index in [0.717, 1.165) is 0 Å². The lowest BCUT2D eigenvalue weighted by atomic mass is 10.2. The van der Waals surface area contributed by atoms with E-state index in [9.17, 15) is 9.59 Å². The fourth-order valence-electron chi connectivity index (χ4n) is 1.57. The molecule has 0 aromatic heterocycles. The summed E-state index contributed by atoms with van der Waals surface area (Å²) in [4.78, 5) is 23.5. The van der Waals surface area contributed by atoms with Gasteiger partial charge in [-0.3, -0.25) is 9.59 Å². The molecular weight excluding hydrogens is 172 g/mol. The van der Waals surface area contributed by atoms with E-state index in [1.165, 1.54) is 4.90 Å². The summed E-state index contributed by atoms with van der Waals surface area (Å²) in [6.07, 6.45) is -0.0652. The van der Waals surface area contributed by atoms with Crippen LogP contribution in [0.3, 0.4) is 0 Å². The number of amides is 2. The highest BCUT2D eigenvalue weighted by Crippen LogP contribution is 2.15. The van der Waals surface area contributed by atoms with Crippen molar-refractivity contribution in [2.45, 2.75) is 31.9 Å². The predicted octanol–water partition coefficient (Wildman–Crippen LogP) is -1.16. The summed E-state index contributed by atoms with van der Waals surface area (Å²) in [5.74, 6) is -0.893. The molecule has 5 nitrogen and oxygen atoms in total. The SMILES string of the molecule is CC[C@@H](C(N)=O)N1CCC(O)C1=O. The smallest absolute Gasteiger partial charge is 0.252 e. The molecule has 0 aromatic carbocycles. The molecule has 3 N–H and O–H groups in total. The minimum atomic E-state index is -0.951. The largest absolute Gasteiger partial charge is 0.383 e. The number of rotatable bonds is 3. The van der Waals surface area contributed by atoms with E-state index in [4.69, 9.17) is 10.8 Å². The molecule has 13 heavy (non-hydrogen) atoms. The van der Waals surface area contributed by atoms with Crippen molar-refractivity contribution in [3.8, 4) is 0 Å². The average Bonchev–Trinajstić information content (AvgIpc) is 2.37. The highest BCUT2D eigenvalue weighted by Gasteiger charge is 2.35. The molecule has 2 atom stereocenters. The van der Waals surface area contributed by atoms with Crippen molar-refractivity contribution in [2.24, 2.45) is 5.73 Å². The van der Waals surface area contributed by atoms with Gasteiger partial charge in [-0.05, 0) is 12.8 Å². The third-order valence-electron chi connectivity index (χ3n) is 2.30. The molecule has 0 aliphatic carbocycles. The maximum absolute atomic E-state index is 11.3. The lowest BCUT2D eigenvalue weighted by Gasteiger charge is -2.23. The van der Waals surface area contributed by atoms with Crippen LogP contribution in [0.25, 0.3) is 0 Å². The second-order valence-electron chi connectivity index (χ2n) is 3.16. The summed E-state index contributed by atoms with van der Waals surface area (Å²) < 4.78 is 0. The first-order valence-corrected chi connectivity index (χ1v) is 4.35. The maximum Gasteiger partial charge on any atom is 0.252 e. The van der Waals surface area contributed by atoms with Gasteiger partial charge in [0.15, 0.2) is 0 Å². The molecule has 0 bridgehead atoms. The van der Waals surface area contributed by atoms with Gasteiger partial charge in [0.05, 0.1) is 0 Å². The van der Waals surface area contributed by atoms with Gasteiger partial charge in [-0.25, -0.2) is 0 Å². The number of aliphatic hydroxyl groups excluding tert-OH is 1. The molecule has 5 heteroatoms. The van der Waals surface area contributed by atoms with Crippen molar-refractivity contribution in [3.63, 3.8) is 0 Å². The molecule has 1 saturated heterocycles. The molecule has 1 unspecified atom stereocenters. The van der Waals surface area contributed by atoms with E-state index in [1.807, 2.05) is 0 Å². The van der Waals surface area contributed by atoms with Gasteiger partial charge in [0, 0.05) is 6.54 Å². The zero-order valence-corrected chi connectivity index (χ0v) is 7.56. The topological polar surface area (TPSA) is 83.6 Å². The Hall–Kier alpha value is -1.10. The second kappa shape index (κ2) is 3.74. The Kier molecular flexibility index (Phi) is 2.87. The van der Waals surface area contributed by atoms with Gasteiger partial charge in [-0.2, -0.15) is 0 Å². The summed E-state index contributed by atoms with van der Waals surface area (Å²) in [7, 11) is 0. The first-order chi connectivity index (χ1) is 6.07. The summed E-state index contributed by atoms with van der Waals surface area (Å²) in [5, 5.41) is 9.15. The van der Waals surface area contributed by atoms with Crippen LogP contribution in [0.1, 0.15) is 19.8 Å². The van der Waals surface area contributed by atoms with Gasteiger partial charge in [-0.1, -0.05) is 6.92 Å². The summed E-state index contributed by atoms with van der Waals surface area (Å²) in [6.45, 7) is 2.20. The molecule has 0 saturated carbocycles. The first-order valence-electron chi connectivity index (χ1n) is 4.35. The van der Waals surface area contributed by atoms with E-state index >= 15 is 0 Å². The maximum atomic E-state index is 11.3. The fraction of sp³-hybridized carbons (Fsp3) is 0.750. The zero-order chi connectivity index (χ0) is 10.0. The lowest BCUT2D eigenvalue weighted by molar-refractivity contribution is -0.140. The van der Waals surface area contributed by atoms with Crippen molar-refractivity contribution in [2.75, 3.05) is 6.54 Å². The number of nitrogens with two attached hydrogens (primary N) is 1. The monoisotopic (exact) mass is 186 g/mol. The van der Waals surface area contributed by atoms with Crippen molar-refractivity contribution < 1.29 is 14.7 Å². The van der Waals surface area contributed by atoms with E-state index in [2.05, 4.69) is 0 Å². The second-order valence-corrected chi connectivity index (χ2v) is 3.16. The van der Waals surface area contributed by atoms with Crippen LogP contribution in [0.2, 0.25) is 0 Å². The highest BCUT2D eigenvalue weighted by molar-refractivity contribution is 5.89. The van der Waals surface area contributed by atoms with Gasteiger partial charge >= 0.3 is 0 Å². The molecule has 74 valence electrons. The van der Waals surface area contributed by atoms with Crippen LogP contribution in [-0.2, 0) is 9.59 Å². The Morgan fingerprint density at radius 2 is 2.46 bits per heavy atom. The Morgan fingerprint density at radius 1 is 1.85 bits per heavy atom. The van der Waals surface area contributed by atoms with Gasteiger partial charge < -0.3 is 15.7 Å². The minimum Gasteiger partial charge on any atom is -0.383 e. The normalized spacial score (nSPS) is 24.9. The summed E-state index contributed by atoms with van der Waals surface area (Å²) in [6, 6.07) is -0.565. The Morgan fingerprint density at radius 3 is 2.77 bits per heavy atom. The number of primary amides is 1. The standard InChI is InChI=1S/C8H14N2O3/c1-2-5(7(9)12)10-4-3-6(11)8(10)13/h5-6,11H,2-4H2,1H3,(H2,9,12)/t5-,6?/m0/s1. The van der Waals surface area contributed by atoms with Crippen LogP contribution in [-0.4, -0.2) is 40.5 Å². The van der Waals surface area contributed by atoms with Crippen LogP contribution >= 0.6 is 0 Å². The third-order valence-corrected chi connectivity index (χ3v) is 2.30. The van der Waals surface area contributed by atoms with Crippen molar-refractivity contribution in [3.05, 3.63) is 0 Å². The summed E-state index contributed by atoms with van der Waals surface area (Å²) in [5.41, 5.74) is 5.12. The lowest BCUT2D eigenvalue weighted by Crippen LogP contribution is -2.46. The number of hydrogen-bond donors (Lipinski definition) is 2. The molecule has 0 spiro atoms. The fourth-order valence-corrected chi connectivity index (χ4v) is 1.57. The van der Waals surface area contributed by atoms with Crippen molar-refractivity contribution in [1.29, 1.82) is 0 Å². The molecule has 1 rings (SSSR count). The van der Waals surface area contributed by atoms with Gasteiger partial charge in [0.1, 0.15) is 12.1 Å². The number of carbonyl (C=O) groups excluding carboxylic acids is 2. The van der Waals surface area contributed by atoms with E-state index in [-0.39, 0.29) is 5.91 Å². The van der Waals surface area contributed by atoms with E-state index in [1.54, 1.807) is 6.92 Å². The van der Waals surface area contributed by atoms with Crippen LogP contribution in [0.4, 0.5) is 0 Å². The van der Waals surface area contributed by atoms with Gasteiger partial charge in [0.25, 0.3) is 5.91 Å². The van der Waals surface area contributed by atoms with E-state index < -0.39 is 18.1 Å². The zero-order valence-electron chi connectivity index (χ0n) is 7.56. The van der Waals surface area contributed by atoms with Crippen LogP contribution in [0.15, 0.2) is 0 Å². The predicted molar refractivity (Wildman–Crippen MR) is 45.6 cm³/mol. The molecular formula is C8H14N2O3. The highest BCUT2D eigenvalue weighted by atomic mass is 16.3. The molecule has 0 radical (unpaired) electrons. The Balaban J connectivity index is 2.71. The molecule has 1 aliphatic heterocycles. The number of aliphatic hydroxyl groups is 1. The van der Waals surface area contributed by atoms with Gasteiger partial charge in [0.2, 0.25) is 5.91 Å². The Bertz CT molecular complexity index is 229. The molecule has 1 aliphatic rings. The van der Waals surface area contributed by atoms with Crippen molar-refractivity contribution in [1.82, 2.24) is 4.90 Å². The molecule has 2 amide bonds. The van der Waals surface area contributed by atoms with Crippen LogP contribution in [0.5, 0.6) is 0 Å². The molecule has 0 aromatic rings. The molecule has 1 heterocycles. The van der Waals surface area contributed by atoms with Crippen LogP contribution in [0, 0.1) is 0 Å².